The number of aryl methyl sites for hydroxylation is 1. The summed E-state index contributed by atoms with van der Waals surface area (Å²) in [6.45, 7) is 3.53. The Labute approximate surface area is 96.6 Å². The first-order chi connectivity index (χ1) is 7.77. The summed E-state index contributed by atoms with van der Waals surface area (Å²) >= 11 is 0. The third kappa shape index (κ3) is 3.93. The van der Waals surface area contributed by atoms with Gasteiger partial charge in [0.05, 0.1) is 13.2 Å². The monoisotopic (exact) mass is 219 g/mol. The van der Waals surface area contributed by atoms with Gasteiger partial charge in [0.25, 0.3) is 0 Å². The van der Waals surface area contributed by atoms with Gasteiger partial charge in [-0.2, -0.15) is 0 Å². The lowest BCUT2D eigenvalue weighted by molar-refractivity contribution is 0.146. The summed E-state index contributed by atoms with van der Waals surface area (Å²) in [6, 6.07) is 5.84. The van der Waals surface area contributed by atoms with Gasteiger partial charge in [-0.25, -0.2) is 0 Å². The van der Waals surface area contributed by atoms with Gasteiger partial charge in [-0.1, -0.05) is 11.8 Å². The number of hydrogen-bond acceptors (Lipinski definition) is 3. The molecule has 0 aromatic heterocycles. The lowest BCUT2D eigenvalue weighted by Gasteiger charge is -2.08. The Bertz CT molecular complexity index is 391. The van der Waals surface area contributed by atoms with Crippen molar-refractivity contribution in [2.24, 2.45) is 5.73 Å². The van der Waals surface area contributed by atoms with Crippen LogP contribution in [0.15, 0.2) is 18.2 Å². The van der Waals surface area contributed by atoms with E-state index in [1.807, 2.05) is 25.1 Å². The van der Waals surface area contributed by atoms with Gasteiger partial charge in [-0.05, 0) is 30.7 Å². The molecule has 0 bridgehead atoms. The van der Waals surface area contributed by atoms with Crippen molar-refractivity contribution in [3.05, 3.63) is 29.3 Å². The van der Waals surface area contributed by atoms with E-state index in [9.17, 15) is 0 Å². The van der Waals surface area contributed by atoms with E-state index in [0.29, 0.717) is 19.8 Å². The van der Waals surface area contributed by atoms with E-state index in [4.69, 9.17) is 15.2 Å². The fourth-order valence-electron chi connectivity index (χ4n) is 1.28. The first-order valence-electron chi connectivity index (χ1n) is 5.19. The smallest absolute Gasteiger partial charge is 0.122 e. The van der Waals surface area contributed by atoms with Gasteiger partial charge < -0.3 is 15.2 Å². The molecule has 1 aromatic rings. The Morgan fingerprint density at radius 2 is 2.12 bits per heavy atom. The molecule has 0 aliphatic heterocycles. The fraction of sp³-hybridized carbons (Fsp3) is 0.385. The van der Waals surface area contributed by atoms with Crippen molar-refractivity contribution < 1.29 is 9.47 Å². The third-order valence-corrected chi connectivity index (χ3v) is 2.05. The number of ether oxygens (including phenoxy) is 2. The van der Waals surface area contributed by atoms with Gasteiger partial charge in [-0.3, -0.25) is 0 Å². The zero-order valence-electron chi connectivity index (χ0n) is 9.75. The molecule has 86 valence electrons. The van der Waals surface area contributed by atoms with Crippen LogP contribution in [0, 0.1) is 18.8 Å². The Morgan fingerprint density at radius 1 is 1.31 bits per heavy atom. The molecule has 0 atom stereocenters. The topological polar surface area (TPSA) is 44.5 Å². The van der Waals surface area contributed by atoms with Crippen molar-refractivity contribution in [2.45, 2.75) is 6.92 Å². The molecule has 0 radical (unpaired) electrons. The molecule has 0 saturated carbocycles. The predicted octanol–water partition coefficient (Wildman–Crippen LogP) is 1.33. The minimum Gasteiger partial charge on any atom is -0.491 e. The molecule has 1 rings (SSSR count). The lowest BCUT2D eigenvalue weighted by atomic mass is 10.1. The number of benzene rings is 1. The quantitative estimate of drug-likeness (QED) is 0.613. The average molecular weight is 219 g/mol. The minimum absolute atomic E-state index is 0.380. The summed E-state index contributed by atoms with van der Waals surface area (Å²) in [5, 5.41) is 0. The summed E-state index contributed by atoms with van der Waals surface area (Å²) in [5.74, 6) is 6.68. The summed E-state index contributed by atoms with van der Waals surface area (Å²) in [7, 11) is 1.65. The van der Waals surface area contributed by atoms with Crippen LogP contribution in [0.3, 0.4) is 0 Å². The highest BCUT2D eigenvalue weighted by Gasteiger charge is 1.99. The Balaban J connectivity index is 2.67. The molecule has 2 N–H and O–H groups in total. The Morgan fingerprint density at radius 3 is 2.75 bits per heavy atom. The Kier molecular flexibility index (Phi) is 5.41. The molecule has 0 heterocycles. The van der Waals surface area contributed by atoms with Crippen LogP contribution in [0.5, 0.6) is 5.75 Å². The van der Waals surface area contributed by atoms with Crippen LogP contribution in [-0.4, -0.2) is 26.9 Å². The van der Waals surface area contributed by atoms with E-state index in [1.165, 1.54) is 0 Å². The number of rotatable bonds is 4. The highest BCUT2D eigenvalue weighted by molar-refractivity contribution is 5.43. The minimum atomic E-state index is 0.380. The highest BCUT2D eigenvalue weighted by atomic mass is 16.5. The van der Waals surface area contributed by atoms with Crippen LogP contribution < -0.4 is 10.5 Å². The van der Waals surface area contributed by atoms with Crippen molar-refractivity contribution in [1.82, 2.24) is 0 Å². The zero-order valence-corrected chi connectivity index (χ0v) is 9.75. The van der Waals surface area contributed by atoms with Crippen LogP contribution in [-0.2, 0) is 4.74 Å². The van der Waals surface area contributed by atoms with E-state index < -0.39 is 0 Å². The van der Waals surface area contributed by atoms with Gasteiger partial charge in [0.15, 0.2) is 0 Å². The number of methoxy groups -OCH3 is 1. The second-order valence-electron chi connectivity index (χ2n) is 3.33. The van der Waals surface area contributed by atoms with Crippen molar-refractivity contribution in [3.8, 4) is 17.6 Å². The van der Waals surface area contributed by atoms with Gasteiger partial charge in [-0.15, -0.1) is 0 Å². The number of hydrogen-bond donors (Lipinski definition) is 1. The summed E-state index contributed by atoms with van der Waals surface area (Å²) in [6.07, 6.45) is 0. The predicted molar refractivity (Wildman–Crippen MR) is 64.5 cm³/mol. The first kappa shape index (κ1) is 12.6. The van der Waals surface area contributed by atoms with Crippen molar-refractivity contribution in [3.63, 3.8) is 0 Å². The second kappa shape index (κ2) is 6.89. The molecule has 3 heteroatoms. The zero-order chi connectivity index (χ0) is 11.8. The lowest BCUT2D eigenvalue weighted by Crippen LogP contribution is -2.05. The van der Waals surface area contributed by atoms with Gasteiger partial charge >= 0.3 is 0 Å². The molecule has 0 unspecified atom stereocenters. The standard InChI is InChI=1S/C13H17NO2/c1-11-10-12(4-3-7-14)5-6-13(11)16-9-8-15-2/h5-6,10H,7-9,14H2,1-2H3. The van der Waals surface area contributed by atoms with Crippen LogP contribution in [0.4, 0.5) is 0 Å². The highest BCUT2D eigenvalue weighted by Crippen LogP contribution is 2.18. The maximum absolute atomic E-state index is 5.54. The number of nitrogens with two attached hydrogens (primary N) is 1. The molecule has 1 aromatic carbocycles. The van der Waals surface area contributed by atoms with Crippen molar-refractivity contribution >= 4 is 0 Å². The molecule has 0 amide bonds. The van der Waals surface area contributed by atoms with Crippen LogP contribution >= 0.6 is 0 Å². The molecule has 0 fully saturated rings. The molecule has 0 aliphatic rings. The van der Waals surface area contributed by atoms with E-state index >= 15 is 0 Å². The van der Waals surface area contributed by atoms with E-state index in [0.717, 1.165) is 16.9 Å². The van der Waals surface area contributed by atoms with Gasteiger partial charge in [0.2, 0.25) is 0 Å². The van der Waals surface area contributed by atoms with E-state index in [-0.39, 0.29) is 0 Å². The van der Waals surface area contributed by atoms with E-state index in [1.54, 1.807) is 7.11 Å². The summed E-state index contributed by atoms with van der Waals surface area (Å²) in [4.78, 5) is 0. The SMILES string of the molecule is COCCOc1ccc(C#CCN)cc1C. The van der Waals surface area contributed by atoms with Crippen LogP contribution in [0.25, 0.3) is 0 Å². The van der Waals surface area contributed by atoms with Crippen molar-refractivity contribution in [1.29, 1.82) is 0 Å². The normalized spacial score (nSPS) is 9.44. The summed E-state index contributed by atoms with van der Waals surface area (Å²) in [5.41, 5.74) is 7.34. The van der Waals surface area contributed by atoms with Crippen molar-refractivity contribution in [2.75, 3.05) is 26.9 Å². The maximum Gasteiger partial charge on any atom is 0.122 e. The third-order valence-electron chi connectivity index (χ3n) is 2.05. The maximum atomic E-state index is 5.54. The van der Waals surface area contributed by atoms with Crippen LogP contribution in [0.2, 0.25) is 0 Å². The largest absolute Gasteiger partial charge is 0.491 e. The molecule has 0 saturated heterocycles. The average Bonchev–Trinajstić information content (AvgIpc) is 2.29. The summed E-state index contributed by atoms with van der Waals surface area (Å²) < 4.78 is 10.5. The first-order valence-corrected chi connectivity index (χ1v) is 5.19. The fourth-order valence-corrected chi connectivity index (χ4v) is 1.28. The van der Waals surface area contributed by atoms with Gasteiger partial charge in [0.1, 0.15) is 12.4 Å². The second-order valence-corrected chi connectivity index (χ2v) is 3.33. The molecular formula is C13H17NO2. The van der Waals surface area contributed by atoms with Crippen LogP contribution in [0.1, 0.15) is 11.1 Å². The molecule has 0 spiro atoms. The van der Waals surface area contributed by atoms with Gasteiger partial charge in [0, 0.05) is 12.7 Å². The Hall–Kier alpha value is -1.50. The molecule has 0 aliphatic carbocycles. The van der Waals surface area contributed by atoms with E-state index in [2.05, 4.69) is 11.8 Å². The molecular weight excluding hydrogens is 202 g/mol. The molecule has 3 nitrogen and oxygen atoms in total. The molecule has 16 heavy (non-hydrogen) atoms.